The Kier molecular flexibility index (Phi) is 24.0. The van der Waals surface area contributed by atoms with Crippen molar-refractivity contribution in [1.82, 2.24) is 29.1 Å². The van der Waals surface area contributed by atoms with Gasteiger partial charge in [-0.15, -0.1) is 0 Å². The highest BCUT2D eigenvalue weighted by atomic mass is 31.2. The summed E-state index contributed by atoms with van der Waals surface area (Å²) in [5.74, 6) is 4.21. The molecule has 1 saturated heterocycles. The third kappa shape index (κ3) is 17.1. The minimum absolute atomic E-state index is 0.0616. The van der Waals surface area contributed by atoms with Gasteiger partial charge in [-0.05, 0) is 105 Å². The smallest absolute Gasteiger partial charge is 0.280 e. The fraction of sp³-hybridized carbons (Fsp3) is 0.590. The molecule has 3 aromatic carbocycles. The molecular formula is C61H89N8O7P. The number of imidazole rings is 1. The quantitative estimate of drug-likeness (QED) is 0.0139. The third-order valence-electron chi connectivity index (χ3n) is 14.6. The first-order valence-electron chi connectivity index (χ1n) is 28.2. The maximum absolute atomic E-state index is 13.9. The topological polar surface area (TPSA) is 162 Å². The number of rotatable bonds is 33. The van der Waals surface area contributed by atoms with E-state index in [0.717, 1.165) is 42.6 Å². The normalized spacial score (nSPS) is 17.3. The number of H-pyrrole nitrogens is 1. The predicted octanol–water partition coefficient (Wildman–Crippen LogP) is 13.8. The van der Waals surface area contributed by atoms with E-state index in [4.69, 9.17) is 38.0 Å². The van der Waals surface area contributed by atoms with Gasteiger partial charge in [-0.1, -0.05) is 135 Å². The molecule has 1 aliphatic rings. The fourth-order valence-electron chi connectivity index (χ4n) is 10.2. The van der Waals surface area contributed by atoms with Gasteiger partial charge in [-0.2, -0.15) is 10.2 Å². The Morgan fingerprint density at radius 2 is 1.36 bits per heavy atom. The SMILES string of the molecule is COc1ccc(C(OC[C@H]2O[C@@H](n3cnc4c(=O)[nH]c(/N=C/N(CCC(C)CCCC(C)C)CCC(C)CCCC(C)C)nc43)C[C@@H]2OP(OCCC#N)N(C(C)C)C(C)C)(c2ccccc2)c2ccc(OC)cc2)cc1. The average Bonchev–Trinajstić information content (AvgIpc) is 4.05. The second-order valence-electron chi connectivity index (χ2n) is 22.3. The molecule has 16 heteroatoms. The van der Waals surface area contributed by atoms with Crippen molar-refractivity contribution < 1.29 is 28.0 Å². The van der Waals surface area contributed by atoms with Gasteiger partial charge in [0.25, 0.3) is 14.1 Å². The lowest BCUT2D eigenvalue weighted by atomic mass is 9.80. The molecule has 420 valence electrons. The number of benzene rings is 3. The summed E-state index contributed by atoms with van der Waals surface area (Å²) < 4.78 is 43.5. The molecule has 6 rings (SSSR count). The Hall–Kier alpha value is -5.20. The molecule has 0 spiro atoms. The number of fused-ring (bicyclic) bond motifs is 1. The van der Waals surface area contributed by atoms with Crippen LogP contribution >= 0.6 is 8.53 Å². The van der Waals surface area contributed by atoms with Crippen molar-refractivity contribution in [3.63, 3.8) is 0 Å². The van der Waals surface area contributed by atoms with E-state index in [-0.39, 0.29) is 48.7 Å². The van der Waals surface area contributed by atoms with Crippen LogP contribution in [0.2, 0.25) is 0 Å². The number of nitriles is 1. The maximum Gasteiger partial charge on any atom is 0.280 e. The van der Waals surface area contributed by atoms with Crippen LogP contribution in [-0.4, -0.2) is 100 Å². The van der Waals surface area contributed by atoms with Gasteiger partial charge in [0.1, 0.15) is 29.4 Å². The minimum Gasteiger partial charge on any atom is -0.497 e. The van der Waals surface area contributed by atoms with Gasteiger partial charge < -0.3 is 32.9 Å². The van der Waals surface area contributed by atoms with E-state index >= 15 is 0 Å². The number of hydrogen-bond acceptors (Lipinski definition) is 12. The number of hydrogen-bond donors (Lipinski definition) is 1. The molecular weight excluding hydrogens is 988 g/mol. The Morgan fingerprint density at radius 1 is 0.805 bits per heavy atom. The summed E-state index contributed by atoms with van der Waals surface area (Å²) >= 11 is 0. The summed E-state index contributed by atoms with van der Waals surface area (Å²) in [6.07, 6.45) is 11.6. The van der Waals surface area contributed by atoms with E-state index in [1.807, 2.05) is 77.6 Å². The molecule has 1 N–H and O–H groups in total. The molecule has 15 nitrogen and oxygen atoms in total. The van der Waals surface area contributed by atoms with Gasteiger partial charge >= 0.3 is 0 Å². The summed E-state index contributed by atoms with van der Waals surface area (Å²) in [5, 5.41) is 9.57. The van der Waals surface area contributed by atoms with Crippen LogP contribution in [-0.2, 0) is 24.1 Å². The maximum atomic E-state index is 13.9. The average molecular weight is 1080 g/mol. The summed E-state index contributed by atoms with van der Waals surface area (Å²) in [4.78, 5) is 33.5. The molecule has 5 aromatic rings. The first-order chi connectivity index (χ1) is 37.1. The lowest BCUT2D eigenvalue weighted by Crippen LogP contribution is -2.39. The molecule has 6 atom stereocenters. The lowest BCUT2D eigenvalue weighted by molar-refractivity contribution is -0.0912. The minimum atomic E-state index is -1.69. The van der Waals surface area contributed by atoms with Crippen molar-refractivity contribution in [3.8, 4) is 17.6 Å². The van der Waals surface area contributed by atoms with Crippen LogP contribution in [0.25, 0.3) is 11.2 Å². The molecule has 0 aliphatic carbocycles. The van der Waals surface area contributed by atoms with Gasteiger partial charge in [-0.3, -0.25) is 14.3 Å². The number of aromatic amines is 1. The molecule has 3 heterocycles. The fourth-order valence-corrected chi connectivity index (χ4v) is 11.9. The van der Waals surface area contributed by atoms with Crippen LogP contribution < -0.4 is 15.0 Å². The van der Waals surface area contributed by atoms with Gasteiger partial charge in [0.05, 0.1) is 58.7 Å². The van der Waals surface area contributed by atoms with Crippen molar-refractivity contribution in [2.24, 2.45) is 28.7 Å². The molecule has 3 unspecified atom stereocenters. The number of methoxy groups -OCH3 is 2. The summed E-state index contributed by atoms with van der Waals surface area (Å²) in [6, 6.07) is 28.3. The lowest BCUT2D eigenvalue weighted by Gasteiger charge is -2.39. The van der Waals surface area contributed by atoms with E-state index < -0.39 is 32.6 Å². The largest absolute Gasteiger partial charge is 0.497 e. The number of nitrogens with one attached hydrogen (secondary N) is 1. The molecule has 0 radical (unpaired) electrons. The summed E-state index contributed by atoms with van der Waals surface area (Å²) in [5.41, 5.74) is 1.65. The predicted molar refractivity (Wildman–Crippen MR) is 310 cm³/mol. The molecule has 77 heavy (non-hydrogen) atoms. The second kappa shape index (κ2) is 30.2. The van der Waals surface area contributed by atoms with Crippen molar-refractivity contribution in [3.05, 3.63) is 112 Å². The van der Waals surface area contributed by atoms with Crippen molar-refractivity contribution in [1.29, 1.82) is 5.26 Å². The van der Waals surface area contributed by atoms with Crippen LogP contribution in [0.15, 0.2) is 95.0 Å². The molecule has 0 saturated carbocycles. The van der Waals surface area contributed by atoms with Crippen molar-refractivity contribution >= 4 is 32.0 Å². The second-order valence-corrected chi connectivity index (χ2v) is 23.7. The monoisotopic (exact) mass is 1080 g/mol. The van der Waals surface area contributed by atoms with Crippen LogP contribution in [0.4, 0.5) is 5.95 Å². The third-order valence-corrected chi connectivity index (χ3v) is 16.7. The van der Waals surface area contributed by atoms with E-state index in [1.54, 1.807) is 20.5 Å². The number of aromatic nitrogens is 4. The Labute approximate surface area is 461 Å². The van der Waals surface area contributed by atoms with E-state index in [1.165, 1.54) is 38.5 Å². The standard InChI is InChI=1S/C61H89N8O7P/c1-43(2)19-16-21-47(9)33-36-67(37-34-48(10)22-17-20-44(3)4)41-64-60-65-58-57(59(70)66-60)63-42-68(58)56-39-54(76-77(74-38-18-35-62)69(45(5)6)46(7)8)55(75-56)40-73-61(49-23-14-13-15-24-49,50-25-29-52(71-11)30-26-50)51-27-31-53(72-12)32-28-51/h13-15,23-32,41-48,54-56H,16-22,33-34,36-40H2,1-12H3,(H,65,66,70)/b64-41+/t47?,48?,54-,55+,56+,77?/m0/s1. The zero-order valence-electron chi connectivity index (χ0n) is 48.2. The van der Waals surface area contributed by atoms with E-state index in [9.17, 15) is 10.1 Å². The van der Waals surface area contributed by atoms with E-state index in [0.29, 0.717) is 47.2 Å². The highest BCUT2D eigenvalue weighted by Crippen LogP contribution is 2.51. The van der Waals surface area contributed by atoms with Crippen LogP contribution in [0.3, 0.4) is 0 Å². The van der Waals surface area contributed by atoms with Crippen molar-refractivity contribution in [2.45, 2.75) is 170 Å². The van der Waals surface area contributed by atoms with E-state index in [2.05, 4.69) is 107 Å². The number of aliphatic imine (C=N–C) groups is 1. The first kappa shape index (κ1) is 61.0. The van der Waals surface area contributed by atoms with Crippen LogP contribution in [0, 0.1) is 35.0 Å². The Morgan fingerprint density at radius 3 is 1.88 bits per heavy atom. The molecule has 0 amide bonds. The molecule has 1 fully saturated rings. The van der Waals surface area contributed by atoms with Crippen LogP contribution in [0.5, 0.6) is 11.5 Å². The highest BCUT2D eigenvalue weighted by Gasteiger charge is 2.45. The highest BCUT2D eigenvalue weighted by molar-refractivity contribution is 7.44. The number of nitrogens with zero attached hydrogens (tertiary/aromatic N) is 7. The van der Waals surface area contributed by atoms with Crippen molar-refractivity contribution in [2.75, 3.05) is 40.5 Å². The van der Waals surface area contributed by atoms with Gasteiger partial charge in [0.2, 0.25) is 5.95 Å². The molecule has 0 bridgehead atoms. The first-order valence-corrected chi connectivity index (χ1v) is 29.3. The van der Waals surface area contributed by atoms with Gasteiger partial charge in [0, 0.05) is 31.6 Å². The summed E-state index contributed by atoms with van der Waals surface area (Å²) in [7, 11) is 1.61. The zero-order valence-corrected chi connectivity index (χ0v) is 49.1. The molecule has 1 aliphatic heterocycles. The van der Waals surface area contributed by atoms with Gasteiger partial charge in [-0.25, -0.2) is 14.6 Å². The number of ether oxygens (including phenoxy) is 4. The summed E-state index contributed by atoms with van der Waals surface area (Å²) in [6.45, 7) is 24.3. The Bertz CT molecular complexity index is 2560. The zero-order chi connectivity index (χ0) is 55.5. The molecule has 2 aromatic heterocycles. The Balaban J connectivity index is 1.37. The van der Waals surface area contributed by atoms with Crippen LogP contribution in [0.1, 0.15) is 156 Å². The van der Waals surface area contributed by atoms with Gasteiger partial charge in [0.15, 0.2) is 11.2 Å².